The van der Waals surface area contributed by atoms with Crippen molar-refractivity contribution < 1.29 is 8.42 Å². The number of nitrogens with zero attached hydrogens (tertiary/aromatic N) is 6. The Labute approximate surface area is 151 Å². The van der Waals surface area contributed by atoms with Gasteiger partial charge >= 0.3 is 0 Å². The van der Waals surface area contributed by atoms with E-state index in [1.807, 2.05) is 0 Å². The van der Waals surface area contributed by atoms with Crippen molar-refractivity contribution in [3.05, 3.63) is 37.1 Å². The number of rotatable bonds is 6. The van der Waals surface area contributed by atoms with Gasteiger partial charge in [-0.3, -0.25) is 4.98 Å². The van der Waals surface area contributed by atoms with Gasteiger partial charge in [0.1, 0.15) is 17.0 Å². The number of pyridine rings is 1. The number of sulfonamides is 1. The number of hydrogen-bond donors (Lipinski definition) is 1. The van der Waals surface area contributed by atoms with E-state index in [0.717, 1.165) is 37.1 Å². The molecular weight excluding hydrogens is 354 g/mol. The van der Waals surface area contributed by atoms with Crippen molar-refractivity contribution in [1.82, 2.24) is 29.5 Å². The zero-order valence-electron chi connectivity index (χ0n) is 14.1. The number of nitrogens with one attached hydrogen (secondary N) is 1. The molecule has 0 saturated carbocycles. The van der Waals surface area contributed by atoms with Crippen LogP contribution >= 0.6 is 0 Å². The molecule has 26 heavy (non-hydrogen) atoms. The maximum Gasteiger partial charge on any atom is 0.242 e. The first kappa shape index (κ1) is 16.9. The van der Waals surface area contributed by atoms with E-state index >= 15 is 0 Å². The molecular formula is C16H19N7O2S. The number of aromatic nitrogens is 5. The van der Waals surface area contributed by atoms with Gasteiger partial charge in [-0.1, -0.05) is 0 Å². The first-order valence-electron chi connectivity index (χ1n) is 8.46. The summed E-state index contributed by atoms with van der Waals surface area (Å²) in [6, 6.07) is 3.10. The van der Waals surface area contributed by atoms with Crippen molar-refractivity contribution in [1.29, 1.82) is 0 Å². The fourth-order valence-corrected chi connectivity index (χ4v) is 4.08. The van der Waals surface area contributed by atoms with E-state index in [4.69, 9.17) is 0 Å². The third-order valence-electron chi connectivity index (χ3n) is 4.38. The summed E-state index contributed by atoms with van der Waals surface area (Å²) in [6.45, 7) is 2.56. The molecule has 3 aromatic rings. The van der Waals surface area contributed by atoms with Crippen molar-refractivity contribution in [2.75, 3.05) is 24.5 Å². The average molecular weight is 373 g/mol. The Morgan fingerprint density at radius 1 is 1.15 bits per heavy atom. The van der Waals surface area contributed by atoms with Gasteiger partial charge in [0, 0.05) is 32.0 Å². The van der Waals surface area contributed by atoms with E-state index in [1.54, 1.807) is 16.9 Å². The van der Waals surface area contributed by atoms with Crippen LogP contribution in [0, 0.1) is 0 Å². The maximum atomic E-state index is 12.2. The Morgan fingerprint density at radius 2 is 2.00 bits per heavy atom. The van der Waals surface area contributed by atoms with Crippen LogP contribution in [0.1, 0.15) is 12.8 Å². The van der Waals surface area contributed by atoms with Crippen LogP contribution in [0.2, 0.25) is 0 Å². The molecule has 0 spiro atoms. The van der Waals surface area contributed by atoms with Gasteiger partial charge < -0.3 is 4.90 Å². The minimum absolute atomic E-state index is 0.143. The molecule has 0 atom stereocenters. The lowest BCUT2D eigenvalue weighted by Crippen LogP contribution is -2.27. The molecule has 0 bridgehead atoms. The second kappa shape index (κ2) is 6.96. The molecule has 0 radical (unpaired) electrons. The number of hydrogen-bond acceptors (Lipinski definition) is 7. The van der Waals surface area contributed by atoms with E-state index in [-0.39, 0.29) is 11.4 Å². The average Bonchev–Trinajstić information content (AvgIpc) is 3.32. The van der Waals surface area contributed by atoms with Crippen LogP contribution in [-0.2, 0) is 16.6 Å². The number of fused-ring (bicyclic) bond motifs is 1. The first-order valence-corrected chi connectivity index (χ1v) is 9.95. The third-order valence-corrected chi connectivity index (χ3v) is 5.82. The zero-order chi connectivity index (χ0) is 18.0. The van der Waals surface area contributed by atoms with Crippen LogP contribution in [0.3, 0.4) is 0 Å². The predicted molar refractivity (Wildman–Crippen MR) is 96.2 cm³/mol. The Hall–Kier alpha value is -2.59. The smallest absolute Gasteiger partial charge is 0.242 e. The van der Waals surface area contributed by atoms with Crippen molar-refractivity contribution in [3.8, 4) is 0 Å². The Balaban J connectivity index is 1.49. The maximum absolute atomic E-state index is 12.2. The summed E-state index contributed by atoms with van der Waals surface area (Å²) in [5.74, 6) is 0.898. The molecule has 0 unspecified atom stereocenters. The largest absolute Gasteiger partial charge is 0.356 e. The Bertz CT molecular complexity index is 998. The summed E-state index contributed by atoms with van der Waals surface area (Å²) >= 11 is 0. The van der Waals surface area contributed by atoms with E-state index in [0.29, 0.717) is 12.2 Å². The molecule has 10 heteroatoms. The zero-order valence-corrected chi connectivity index (χ0v) is 14.9. The Morgan fingerprint density at radius 3 is 2.77 bits per heavy atom. The summed E-state index contributed by atoms with van der Waals surface area (Å²) in [6.07, 6.45) is 8.46. The minimum atomic E-state index is -3.58. The third kappa shape index (κ3) is 3.25. The van der Waals surface area contributed by atoms with Crippen LogP contribution in [-0.4, -0.2) is 52.8 Å². The Kier molecular flexibility index (Phi) is 4.51. The van der Waals surface area contributed by atoms with Gasteiger partial charge in [0.2, 0.25) is 10.0 Å². The highest BCUT2D eigenvalue weighted by molar-refractivity contribution is 7.89. The van der Waals surface area contributed by atoms with Gasteiger partial charge in [-0.05, 0) is 25.0 Å². The second-order valence-electron chi connectivity index (χ2n) is 6.08. The molecule has 1 aliphatic heterocycles. The topological polar surface area (TPSA) is 106 Å². The van der Waals surface area contributed by atoms with Crippen LogP contribution in [0.4, 0.5) is 5.82 Å². The molecule has 4 heterocycles. The van der Waals surface area contributed by atoms with Crippen LogP contribution in [0.15, 0.2) is 41.9 Å². The lowest BCUT2D eigenvalue weighted by Gasteiger charge is -2.16. The SMILES string of the molecule is O=S(=O)(NCCn1ncc2c(N3CCCC3)ncnc21)c1cccnc1. The van der Waals surface area contributed by atoms with E-state index in [2.05, 4.69) is 29.7 Å². The highest BCUT2D eigenvalue weighted by atomic mass is 32.2. The molecule has 1 fully saturated rings. The van der Waals surface area contributed by atoms with Crippen LogP contribution < -0.4 is 9.62 Å². The van der Waals surface area contributed by atoms with Gasteiger partial charge in [-0.25, -0.2) is 27.8 Å². The lowest BCUT2D eigenvalue weighted by molar-refractivity contribution is 0.564. The predicted octanol–water partition coefficient (Wildman–Crippen LogP) is 0.800. The molecule has 3 aromatic heterocycles. The highest BCUT2D eigenvalue weighted by Gasteiger charge is 2.19. The van der Waals surface area contributed by atoms with Gasteiger partial charge in [0.05, 0.1) is 18.1 Å². The molecule has 0 aliphatic carbocycles. The van der Waals surface area contributed by atoms with Gasteiger partial charge in [0.15, 0.2) is 5.65 Å². The van der Waals surface area contributed by atoms with E-state index in [9.17, 15) is 8.42 Å². The first-order chi connectivity index (χ1) is 12.6. The normalized spacial score (nSPS) is 15.0. The molecule has 0 aromatic carbocycles. The summed E-state index contributed by atoms with van der Waals surface area (Å²) in [5.41, 5.74) is 0.711. The fraction of sp³-hybridized carbons (Fsp3) is 0.375. The number of anilines is 1. The van der Waals surface area contributed by atoms with E-state index < -0.39 is 10.0 Å². The molecule has 1 N–H and O–H groups in total. The summed E-state index contributed by atoms with van der Waals surface area (Å²) in [4.78, 5) is 14.9. The molecule has 1 saturated heterocycles. The van der Waals surface area contributed by atoms with Crippen molar-refractivity contribution in [2.24, 2.45) is 0 Å². The molecule has 136 valence electrons. The second-order valence-corrected chi connectivity index (χ2v) is 7.85. The van der Waals surface area contributed by atoms with Gasteiger partial charge in [-0.2, -0.15) is 5.10 Å². The summed E-state index contributed by atoms with van der Waals surface area (Å²) in [5, 5.41) is 5.25. The fourth-order valence-electron chi connectivity index (χ4n) is 3.10. The minimum Gasteiger partial charge on any atom is -0.356 e. The van der Waals surface area contributed by atoms with Crippen LogP contribution in [0.25, 0.3) is 11.0 Å². The van der Waals surface area contributed by atoms with Crippen molar-refractivity contribution in [3.63, 3.8) is 0 Å². The van der Waals surface area contributed by atoms with Gasteiger partial charge in [0.25, 0.3) is 0 Å². The highest BCUT2D eigenvalue weighted by Crippen LogP contribution is 2.25. The van der Waals surface area contributed by atoms with Gasteiger partial charge in [-0.15, -0.1) is 0 Å². The van der Waals surface area contributed by atoms with Crippen molar-refractivity contribution in [2.45, 2.75) is 24.3 Å². The van der Waals surface area contributed by atoms with E-state index in [1.165, 1.54) is 24.8 Å². The monoisotopic (exact) mass is 373 g/mol. The standard InChI is InChI=1S/C16H19N7O2S/c24-26(25,13-4-3-5-17-10-13)21-6-9-23-16-14(11-20-23)15(18-12-19-16)22-7-1-2-8-22/h3-5,10-12,21H,1-2,6-9H2. The lowest BCUT2D eigenvalue weighted by atomic mass is 10.3. The molecule has 0 amide bonds. The van der Waals surface area contributed by atoms with Crippen molar-refractivity contribution >= 4 is 26.9 Å². The van der Waals surface area contributed by atoms with Crippen LogP contribution in [0.5, 0.6) is 0 Å². The summed E-state index contributed by atoms with van der Waals surface area (Å²) in [7, 11) is -3.58. The quantitative estimate of drug-likeness (QED) is 0.681. The summed E-state index contributed by atoms with van der Waals surface area (Å²) < 4.78 is 28.7. The molecule has 9 nitrogen and oxygen atoms in total. The molecule has 4 rings (SSSR count). The molecule has 1 aliphatic rings.